The lowest BCUT2D eigenvalue weighted by Gasteiger charge is -2.33. The number of aromatic nitrogens is 3. The van der Waals surface area contributed by atoms with Crippen LogP contribution in [0.1, 0.15) is 64.4 Å². The van der Waals surface area contributed by atoms with Gasteiger partial charge in [-0.15, -0.1) is 17.2 Å². The summed E-state index contributed by atoms with van der Waals surface area (Å²) in [5.41, 5.74) is 28.6. The molecule has 0 unspecified atom stereocenters. The third-order valence-corrected chi connectivity index (χ3v) is 13.4. The summed E-state index contributed by atoms with van der Waals surface area (Å²) in [5.74, 6) is 1.33. The minimum absolute atomic E-state index is 0.326. The fourth-order valence-electron chi connectivity index (χ4n) is 9.46. The van der Waals surface area contributed by atoms with Gasteiger partial charge in [0.1, 0.15) is 0 Å². The van der Waals surface area contributed by atoms with Crippen LogP contribution in [0.15, 0.2) is 256 Å². The van der Waals surface area contributed by atoms with Crippen LogP contribution in [0.4, 0.5) is 23.0 Å². The summed E-state index contributed by atoms with van der Waals surface area (Å²) < 4.78 is 0. The van der Waals surface area contributed by atoms with E-state index in [1.807, 2.05) is 78.9 Å². The average molecular weight is 936 g/mol. The van der Waals surface area contributed by atoms with Gasteiger partial charge in [0, 0.05) is 34.5 Å². The molecule has 0 saturated heterocycles. The standard InChI is InChI=1S/C65H57N7/c1-3-5-37-52(38-18-7-11-26-47-27-19-20-28-47)67-63-60(68-54-40-23-39-53(54)64(42-24-43-64)50-33-16-10-17-34-50)58(56-46-55(48-29-12-8-13-30-48)69-61(70-56)49-31-14-9-15-32-49)59(66)62(72-63)71-57(41-6-4-2)65(44-25-45-65)51-35-21-22-36-51/h5-17,19,21-23,27-35,37,39,41-46,68H,3-4,18,20,26,38,40,66H2,1-2H3/b11-7-,37-5-,41-6-,67-52+,71-57+. The highest BCUT2D eigenvalue weighted by Crippen LogP contribution is 2.49. The zero-order chi connectivity index (χ0) is 49.2. The van der Waals surface area contributed by atoms with Gasteiger partial charge in [-0.3, -0.25) is 0 Å². The highest BCUT2D eigenvalue weighted by Gasteiger charge is 2.39. The molecule has 0 saturated carbocycles. The van der Waals surface area contributed by atoms with Gasteiger partial charge in [0.2, 0.25) is 0 Å². The first-order chi connectivity index (χ1) is 35.5. The number of aliphatic imine (C=N–C) groups is 2. The molecule has 0 bridgehead atoms. The molecular weight excluding hydrogens is 879 g/mol. The van der Waals surface area contributed by atoms with Gasteiger partial charge >= 0.3 is 0 Å². The minimum Gasteiger partial charge on any atom is -0.395 e. The Bertz CT molecular complexity index is 3350. The third-order valence-electron chi connectivity index (χ3n) is 13.4. The van der Waals surface area contributed by atoms with Gasteiger partial charge in [-0.05, 0) is 110 Å². The summed E-state index contributed by atoms with van der Waals surface area (Å²) in [6, 6.07) is 32.9. The van der Waals surface area contributed by atoms with Crippen LogP contribution in [0.5, 0.6) is 0 Å². The zero-order valence-electron chi connectivity index (χ0n) is 40.9. The molecule has 7 heteroatoms. The predicted molar refractivity (Wildman–Crippen MR) is 299 cm³/mol. The Morgan fingerprint density at radius 1 is 0.736 bits per heavy atom. The number of allylic oxidation sites excluding steroid dienone is 18. The van der Waals surface area contributed by atoms with E-state index in [1.54, 1.807) is 0 Å². The summed E-state index contributed by atoms with van der Waals surface area (Å²) >= 11 is 0. The predicted octanol–water partition coefficient (Wildman–Crippen LogP) is 15.8. The Hall–Kier alpha value is -8.69. The second kappa shape index (κ2) is 21.5. The molecule has 5 aliphatic carbocycles. The molecule has 2 aromatic heterocycles. The molecule has 5 aromatic rings. The topological polar surface area (TPSA) is 101 Å². The lowest BCUT2D eigenvalue weighted by atomic mass is 9.70. The number of nitrogen functional groups attached to an aromatic ring is 1. The van der Waals surface area contributed by atoms with E-state index in [2.05, 4.69) is 164 Å². The van der Waals surface area contributed by atoms with Crippen LogP contribution in [-0.4, -0.2) is 26.4 Å². The van der Waals surface area contributed by atoms with Crippen molar-refractivity contribution in [2.24, 2.45) is 15.4 Å². The Labute approximate surface area is 423 Å². The first-order valence-corrected chi connectivity index (χ1v) is 25.1. The molecule has 7 nitrogen and oxygen atoms in total. The van der Waals surface area contributed by atoms with E-state index in [9.17, 15) is 0 Å². The molecule has 0 radical (unpaired) electrons. The number of anilines is 2. The van der Waals surface area contributed by atoms with Gasteiger partial charge in [-0.2, -0.15) is 0 Å². The van der Waals surface area contributed by atoms with Crippen LogP contribution >= 0.6 is 0 Å². The van der Waals surface area contributed by atoms with Crippen molar-refractivity contribution in [1.82, 2.24) is 15.0 Å². The SMILES string of the molecule is CC/C=C\C(CC/C=C\CC1=CCC=C1)=N/c1nc(/N=C(\C=C/CC)C2(C3=C=CC=C3)C=C=C2)c(N)c(-c2cc(-c3ccccc3)nc(-c3ccccc3)n2)c1NC1=C(C2(c3ccccc3)C=C=C2)C=CC1. The van der Waals surface area contributed by atoms with Crippen molar-refractivity contribution in [2.75, 3.05) is 11.1 Å². The molecule has 0 fully saturated rings. The molecule has 352 valence electrons. The fraction of sp³-hybridized carbons (Fsp3) is 0.169. The van der Waals surface area contributed by atoms with Crippen molar-refractivity contribution >= 4 is 34.4 Å². The molecule has 3 N–H and O–H groups in total. The van der Waals surface area contributed by atoms with Crippen LogP contribution in [0.25, 0.3) is 33.9 Å². The van der Waals surface area contributed by atoms with Crippen molar-refractivity contribution in [2.45, 2.75) is 64.2 Å². The molecule has 72 heavy (non-hydrogen) atoms. The molecule has 0 atom stereocenters. The average Bonchev–Trinajstić information content (AvgIpc) is 4.22. The van der Waals surface area contributed by atoms with Crippen molar-refractivity contribution in [1.29, 1.82) is 0 Å². The monoisotopic (exact) mass is 935 g/mol. The highest BCUT2D eigenvalue weighted by atomic mass is 15.1. The number of pyridine rings is 1. The number of hydrogen-bond donors (Lipinski definition) is 2. The summed E-state index contributed by atoms with van der Waals surface area (Å²) in [6.45, 7) is 4.26. The molecular formula is C65H57N7. The van der Waals surface area contributed by atoms with E-state index in [4.69, 9.17) is 30.7 Å². The van der Waals surface area contributed by atoms with Crippen molar-refractivity contribution in [3.63, 3.8) is 0 Å². The maximum atomic E-state index is 7.69. The van der Waals surface area contributed by atoms with Crippen molar-refractivity contribution in [3.8, 4) is 33.9 Å². The largest absolute Gasteiger partial charge is 0.395 e. The summed E-state index contributed by atoms with van der Waals surface area (Å²) in [6.07, 6.45) is 44.2. The van der Waals surface area contributed by atoms with Crippen LogP contribution in [0.2, 0.25) is 0 Å². The minimum atomic E-state index is -0.684. The molecule has 5 aliphatic rings. The van der Waals surface area contributed by atoms with Crippen LogP contribution < -0.4 is 11.1 Å². The lowest BCUT2D eigenvalue weighted by Crippen LogP contribution is -2.30. The van der Waals surface area contributed by atoms with E-state index in [1.165, 1.54) is 5.57 Å². The summed E-state index contributed by atoms with van der Waals surface area (Å²) in [5, 5.41) is 3.99. The number of benzene rings is 3. The lowest BCUT2D eigenvalue weighted by molar-refractivity contribution is 0.780. The van der Waals surface area contributed by atoms with Crippen LogP contribution in [0, 0.1) is 5.41 Å². The maximum absolute atomic E-state index is 7.69. The van der Waals surface area contributed by atoms with Crippen molar-refractivity contribution < 1.29 is 0 Å². The number of nitrogens with zero attached hydrogens (tertiary/aromatic N) is 5. The Morgan fingerprint density at radius 2 is 1.46 bits per heavy atom. The number of rotatable bonds is 20. The molecule has 0 spiro atoms. The second-order valence-corrected chi connectivity index (χ2v) is 18.2. The van der Waals surface area contributed by atoms with Gasteiger partial charge in [-0.1, -0.05) is 166 Å². The molecule has 0 aliphatic heterocycles. The van der Waals surface area contributed by atoms with Gasteiger partial charge < -0.3 is 11.1 Å². The van der Waals surface area contributed by atoms with Gasteiger partial charge in [0.25, 0.3) is 0 Å². The number of hydrogen-bond acceptors (Lipinski definition) is 7. The highest BCUT2D eigenvalue weighted by molar-refractivity contribution is 6.09. The van der Waals surface area contributed by atoms with Gasteiger partial charge in [0.05, 0.1) is 44.9 Å². The molecule has 2 heterocycles. The molecule has 10 rings (SSSR count). The molecule has 3 aromatic carbocycles. The molecule has 0 amide bonds. The van der Waals surface area contributed by atoms with Crippen LogP contribution in [-0.2, 0) is 5.41 Å². The van der Waals surface area contributed by atoms with E-state index < -0.39 is 10.8 Å². The second-order valence-electron chi connectivity index (χ2n) is 18.2. The quantitative estimate of drug-likeness (QED) is 0.0460. The Kier molecular flexibility index (Phi) is 14.1. The number of nitrogens with two attached hydrogens (primary N) is 1. The summed E-state index contributed by atoms with van der Waals surface area (Å²) in [4.78, 5) is 27.1. The zero-order valence-corrected chi connectivity index (χ0v) is 40.9. The van der Waals surface area contributed by atoms with Crippen molar-refractivity contribution in [3.05, 3.63) is 252 Å². The first-order valence-electron chi connectivity index (χ1n) is 25.1. The third kappa shape index (κ3) is 9.74. The maximum Gasteiger partial charge on any atom is 0.179 e. The Morgan fingerprint density at radius 3 is 2.12 bits per heavy atom. The first kappa shape index (κ1) is 47.0. The normalized spacial score (nSPS) is 17.0. The number of nitrogens with one attached hydrogen (secondary N) is 1. The Balaban J connectivity index is 1.24. The van der Waals surface area contributed by atoms with E-state index >= 15 is 0 Å². The van der Waals surface area contributed by atoms with E-state index in [0.29, 0.717) is 52.9 Å². The van der Waals surface area contributed by atoms with Crippen LogP contribution in [0.3, 0.4) is 0 Å². The van der Waals surface area contributed by atoms with E-state index in [0.717, 1.165) is 82.8 Å². The van der Waals surface area contributed by atoms with E-state index in [-0.39, 0.29) is 0 Å². The summed E-state index contributed by atoms with van der Waals surface area (Å²) in [7, 11) is 0. The fourth-order valence-corrected chi connectivity index (χ4v) is 9.46. The smallest absolute Gasteiger partial charge is 0.179 e. The van der Waals surface area contributed by atoms with Gasteiger partial charge in [0.15, 0.2) is 17.5 Å². The van der Waals surface area contributed by atoms with Gasteiger partial charge in [-0.25, -0.2) is 24.9 Å².